The Balaban J connectivity index is 5.52. The van der Waals surface area contributed by atoms with Crippen LogP contribution in [0.5, 0.6) is 0 Å². The predicted molar refractivity (Wildman–Crippen MR) is 123 cm³/mol. The zero-order chi connectivity index (χ0) is 26.6. The van der Waals surface area contributed by atoms with Gasteiger partial charge in [0.05, 0.1) is 12.5 Å². The van der Waals surface area contributed by atoms with E-state index in [4.69, 9.17) is 17.2 Å². The number of carbonyl (C=O) groups is 6. The summed E-state index contributed by atoms with van der Waals surface area (Å²) >= 11 is 0. The van der Waals surface area contributed by atoms with Crippen molar-refractivity contribution in [2.75, 3.05) is 0 Å². The van der Waals surface area contributed by atoms with Gasteiger partial charge < -0.3 is 38.3 Å². The molecule has 0 aromatic rings. The van der Waals surface area contributed by atoms with Crippen LogP contribution in [0.25, 0.3) is 0 Å². The Morgan fingerprint density at radius 3 is 1.47 bits per heavy atom. The number of carbonyl (C=O) groups excluding carboxylic acids is 5. The quantitative estimate of drug-likeness (QED) is 0.129. The monoisotopic (exact) mass is 486 g/mol. The molecule has 0 saturated heterocycles. The maximum absolute atomic E-state index is 13.0. The molecule has 0 radical (unpaired) electrons. The van der Waals surface area contributed by atoms with Gasteiger partial charge in [-0.1, -0.05) is 27.7 Å². The molecule has 10 N–H and O–H groups in total. The average Bonchev–Trinajstić information content (AvgIpc) is 2.68. The van der Waals surface area contributed by atoms with E-state index in [-0.39, 0.29) is 37.5 Å². The highest BCUT2D eigenvalue weighted by molar-refractivity contribution is 5.95. The fraction of sp³-hybridized carbons (Fsp3) is 0.714. The maximum atomic E-state index is 13.0. The van der Waals surface area contributed by atoms with E-state index in [0.717, 1.165) is 0 Å². The molecule has 13 nitrogen and oxygen atoms in total. The van der Waals surface area contributed by atoms with Gasteiger partial charge in [0.15, 0.2) is 0 Å². The number of carboxylic acids is 1. The van der Waals surface area contributed by atoms with Crippen LogP contribution in [0.3, 0.4) is 0 Å². The smallest absolute Gasteiger partial charge is 0.326 e. The summed E-state index contributed by atoms with van der Waals surface area (Å²) in [7, 11) is 0. The normalized spacial score (nSPS) is 14.6. The Morgan fingerprint density at radius 1 is 0.706 bits per heavy atom. The van der Waals surface area contributed by atoms with Crippen LogP contribution in [-0.4, -0.2) is 64.8 Å². The molecule has 0 rings (SSSR count). The van der Waals surface area contributed by atoms with Gasteiger partial charge in [-0.15, -0.1) is 0 Å². The van der Waals surface area contributed by atoms with Gasteiger partial charge in [-0.3, -0.25) is 24.0 Å². The number of nitrogens with two attached hydrogens (primary N) is 3. The van der Waals surface area contributed by atoms with E-state index < -0.39 is 66.1 Å². The number of rotatable bonds is 16. The summed E-state index contributed by atoms with van der Waals surface area (Å²) in [6, 6.07) is -4.77. The van der Waals surface area contributed by atoms with Gasteiger partial charge in [0.25, 0.3) is 0 Å². The minimum absolute atomic E-state index is 0.0222. The zero-order valence-electron chi connectivity index (χ0n) is 20.1. The Bertz CT molecular complexity index is 756. The minimum atomic E-state index is -1.37. The van der Waals surface area contributed by atoms with E-state index in [1.165, 1.54) is 0 Å². The van der Waals surface area contributed by atoms with E-state index in [9.17, 15) is 33.9 Å². The van der Waals surface area contributed by atoms with Crippen LogP contribution in [0, 0.1) is 11.8 Å². The molecule has 0 aromatic heterocycles. The number of aliphatic carboxylic acids is 1. The third kappa shape index (κ3) is 12.7. The van der Waals surface area contributed by atoms with Crippen LogP contribution in [-0.2, 0) is 28.8 Å². The first-order chi connectivity index (χ1) is 15.6. The molecule has 4 atom stereocenters. The summed E-state index contributed by atoms with van der Waals surface area (Å²) in [5.74, 6) is -5.07. The van der Waals surface area contributed by atoms with E-state index in [1.807, 2.05) is 27.7 Å². The largest absolute Gasteiger partial charge is 0.480 e. The molecule has 0 heterocycles. The molecular formula is C21H38N6O7. The highest BCUT2D eigenvalue weighted by Crippen LogP contribution is 2.10. The fourth-order valence-electron chi connectivity index (χ4n) is 3.08. The van der Waals surface area contributed by atoms with Crippen molar-refractivity contribution in [1.82, 2.24) is 16.0 Å². The van der Waals surface area contributed by atoms with E-state index >= 15 is 0 Å². The van der Waals surface area contributed by atoms with Gasteiger partial charge in [0, 0.05) is 6.42 Å². The zero-order valence-corrected chi connectivity index (χ0v) is 20.1. The van der Waals surface area contributed by atoms with Crippen molar-refractivity contribution in [3.05, 3.63) is 0 Å². The van der Waals surface area contributed by atoms with Crippen molar-refractivity contribution in [2.24, 2.45) is 29.0 Å². The molecule has 0 aliphatic rings. The molecule has 0 saturated carbocycles. The summed E-state index contributed by atoms with van der Waals surface area (Å²) in [6.07, 6.45) is -0.451. The lowest BCUT2D eigenvalue weighted by molar-refractivity contribution is -0.142. The molecule has 34 heavy (non-hydrogen) atoms. The molecule has 0 fully saturated rings. The lowest BCUT2D eigenvalue weighted by Gasteiger charge is -2.26. The van der Waals surface area contributed by atoms with Gasteiger partial charge in [0.1, 0.15) is 18.1 Å². The molecule has 194 valence electrons. The van der Waals surface area contributed by atoms with Crippen molar-refractivity contribution in [3.8, 4) is 0 Å². The molecule has 13 heteroatoms. The highest BCUT2D eigenvalue weighted by Gasteiger charge is 2.31. The van der Waals surface area contributed by atoms with Crippen molar-refractivity contribution >= 4 is 35.5 Å². The lowest BCUT2D eigenvalue weighted by atomic mass is 9.99. The first kappa shape index (κ1) is 30.8. The summed E-state index contributed by atoms with van der Waals surface area (Å²) < 4.78 is 0. The molecule has 5 amide bonds. The highest BCUT2D eigenvalue weighted by atomic mass is 16.4. The van der Waals surface area contributed by atoms with Gasteiger partial charge in [-0.2, -0.15) is 0 Å². The lowest BCUT2D eigenvalue weighted by Crippen LogP contribution is -2.57. The molecule has 0 bridgehead atoms. The average molecular weight is 487 g/mol. The number of hydrogen-bond acceptors (Lipinski definition) is 7. The Morgan fingerprint density at radius 2 is 1.12 bits per heavy atom. The molecule has 4 unspecified atom stereocenters. The topological polar surface area (TPSA) is 237 Å². The second-order valence-electron chi connectivity index (χ2n) is 9.06. The second-order valence-corrected chi connectivity index (χ2v) is 9.06. The second kappa shape index (κ2) is 14.8. The summed E-state index contributed by atoms with van der Waals surface area (Å²) in [4.78, 5) is 71.6. The maximum Gasteiger partial charge on any atom is 0.326 e. The van der Waals surface area contributed by atoms with Crippen molar-refractivity contribution in [3.63, 3.8) is 0 Å². The van der Waals surface area contributed by atoms with Crippen LogP contribution in [0.2, 0.25) is 0 Å². The summed E-state index contributed by atoms with van der Waals surface area (Å²) in [5.41, 5.74) is 15.8. The van der Waals surface area contributed by atoms with Gasteiger partial charge in [-0.05, 0) is 31.1 Å². The van der Waals surface area contributed by atoms with Crippen molar-refractivity contribution < 1.29 is 33.9 Å². The molecule has 0 spiro atoms. The van der Waals surface area contributed by atoms with Gasteiger partial charge in [0.2, 0.25) is 29.5 Å². The Labute approximate surface area is 198 Å². The first-order valence-corrected chi connectivity index (χ1v) is 11.1. The first-order valence-electron chi connectivity index (χ1n) is 11.1. The van der Waals surface area contributed by atoms with Crippen molar-refractivity contribution in [1.29, 1.82) is 0 Å². The van der Waals surface area contributed by atoms with Gasteiger partial charge >= 0.3 is 5.97 Å². The number of hydrogen-bond donors (Lipinski definition) is 7. The van der Waals surface area contributed by atoms with Crippen LogP contribution < -0.4 is 33.2 Å². The fourth-order valence-corrected chi connectivity index (χ4v) is 3.08. The minimum Gasteiger partial charge on any atom is -0.480 e. The Hall–Kier alpha value is -3.22. The van der Waals surface area contributed by atoms with Gasteiger partial charge in [-0.25, -0.2) is 4.79 Å². The van der Waals surface area contributed by atoms with Crippen LogP contribution >= 0.6 is 0 Å². The summed E-state index contributed by atoms with van der Waals surface area (Å²) in [5, 5.41) is 16.7. The SMILES string of the molecule is CC(C)CC(NC(=O)C(N)CC(N)=O)C(=O)NC(CC(C)C)C(=O)NC(CCC(N)=O)C(=O)O. The molecular weight excluding hydrogens is 448 g/mol. The molecule has 0 aliphatic heterocycles. The van der Waals surface area contributed by atoms with Crippen LogP contribution in [0.1, 0.15) is 59.8 Å². The van der Waals surface area contributed by atoms with Crippen LogP contribution in [0.4, 0.5) is 0 Å². The standard InChI is InChI=1S/C21H38N6O7/c1-10(2)7-14(26-18(30)12(22)9-17(24)29)20(32)27-15(8-11(3)4)19(31)25-13(21(33)34)5-6-16(23)28/h10-15H,5-9,22H2,1-4H3,(H2,23,28)(H2,24,29)(H,25,31)(H,26,30)(H,27,32)(H,33,34). The summed E-state index contributed by atoms with van der Waals surface area (Å²) in [6.45, 7) is 7.27. The molecule has 0 aromatic carbocycles. The van der Waals surface area contributed by atoms with E-state index in [2.05, 4.69) is 16.0 Å². The Kier molecular flexibility index (Phi) is 13.4. The predicted octanol–water partition coefficient (Wildman–Crippen LogP) is -1.91. The van der Waals surface area contributed by atoms with E-state index in [1.54, 1.807) is 0 Å². The third-order valence-electron chi connectivity index (χ3n) is 4.73. The van der Waals surface area contributed by atoms with Crippen molar-refractivity contribution in [2.45, 2.75) is 84.0 Å². The third-order valence-corrected chi connectivity index (χ3v) is 4.73. The number of primary amides is 2. The molecule has 0 aliphatic carbocycles. The number of amides is 5. The number of nitrogens with one attached hydrogen (secondary N) is 3. The van der Waals surface area contributed by atoms with E-state index in [0.29, 0.717) is 0 Å². The van der Waals surface area contributed by atoms with Crippen LogP contribution in [0.15, 0.2) is 0 Å². The number of carboxylic acid groups (broad SMARTS) is 1.